The van der Waals surface area contributed by atoms with Gasteiger partial charge in [0, 0.05) is 33.9 Å². The molecule has 0 amide bonds. The molecule has 2 atom stereocenters. The van der Waals surface area contributed by atoms with E-state index in [-0.39, 0.29) is 17.4 Å². The van der Waals surface area contributed by atoms with Crippen molar-refractivity contribution >= 4 is 10.8 Å². The van der Waals surface area contributed by atoms with Crippen molar-refractivity contribution in [2.75, 3.05) is 25.4 Å². The van der Waals surface area contributed by atoms with Crippen molar-refractivity contribution in [1.82, 2.24) is 4.90 Å². The van der Waals surface area contributed by atoms with Crippen molar-refractivity contribution in [1.29, 1.82) is 0 Å². The number of hydrogen-bond donors (Lipinski definition) is 1. The predicted octanol–water partition coefficient (Wildman–Crippen LogP) is 0.600. The first-order chi connectivity index (χ1) is 6.47. The number of aliphatic hydroxyl groups is 1. The highest BCUT2D eigenvalue weighted by atomic mass is 32.2. The molecule has 4 heteroatoms. The largest absolute Gasteiger partial charge is 0.395 e. The zero-order valence-electron chi connectivity index (χ0n) is 9.32. The summed E-state index contributed by atoms with van der Waals surface area (Å²) in [5.74, 6) is 0.733. The molecule has 0 radical (unpaired) electrons. The van der Waals surface area contributed by atoms with Gasteiger partial charge in [-0.05, 0) is 33.7 Å². The van der Waals surface area contributed by atoms with Crippen LogP contribution < -0.4 is 0 Å². The zero-order chi connectivity index (χ0) is 10.8. The van der Waals surface area contributed by atoms with Crippen LogP contribution in [0.2, 0.25) is 0 Å². The first-order valence-corrected chi connectivity index (χ1v) is 6.52. The fourth-order valence-electron chi connectivity index (χ4n) is 1.67. The minimum atomic E-state index is -0.730. The van der Waals surface area contributed by atoms with Crippen LogP contribution in [0.15, 0.2) is 0 Å². The van der Waals surface area contributed by atoms with Crippen LogP contribution in [0, 0.1) is 0 Å². The summed E-state index contributed by atoms with van der Waals surface area (Å²) in [6.07, 6.45) is 0.948. The third-order valence-electron chi connectivity index (χ3n) is 3.07. The Morgan fingerprint density at radius 3 is 2.71 bits per heavy atom. The van der Waals surface area contributed by atoms with Crippen LogP contribution >= 0.6 is 0 Å². The van der Waals surface area contributed by atoms with Gasteiger partial charge in [-0.25, -0.2) is 0 Å². The van der Waals surface area contributed by atoms with E-state index in [2.05, 4.69) is 18.7 Å². The van der Waals surface area contributed by atoms with E-state index in [9.17, 15) is 4.21 Å². The number of rotatable bonds is 2. The summed E-state index contributed by atoms with van der Waals surface area (Å²) < 4.78 is 11.7. The molecule has 0 aromatic rings. The second-order valence-corrected chi connectivity index (χ2v) is 6.83. The summed E-state index contributed by atoms with van der Waals surface area (Å²) in [7, 11) is -0.730. The average molecular weight is 219 g/mol. The molecule has 1 aliphatic rings. The van der Waals surface area contributed by atoms with Crippen molar-refractivity contribution in [2.45, 2.75) is 38.0 Å². The van der Waals surface area contributed by atoms with E-state index in [0.29, 0.717) is 0 Å². The second kappa shape index (κ2) is 4.73. The number of aliphatic hydroxyl groups excluding tert-OH is 1. The van der Waals surface area contributed by atoms with Gasteiger partial charge in [0.2, 0.25) is 0 Å². The van der Waals surface area contributed by atoms with Crippen LogP contribution in [0.25, 0.3) is 0 Å². The Kier molecular flexibility index (Phi) is 4.10. The van der Waals surface area contributed by atoms with Gasteiger partial charge in [0.1, 0.15) is 0 Å². The van der Waals surface area contributed by atoms with Gasteiger partial charge in [0.25, 0.3) is 0 Å². The molecule has 0 saturated carbocycles. The van der Waals surface area contributed by atoms with E-state index in [1.54, 1.807) is 0 Å². The molecular formula is C10H21NO2S. The number of hydrogen-bond acceptors (Lipinski definition) is 3. The highest BCUT2D eigenvalue weighted by molar-refractivity contribution is 7.86. The maximum Gasteiger partial charge on any atom is 0.0584 e. The monoisotopic (exact) mass is 219 g/mol. The topological polar surface area (TPSA) is 40.5 Å². The van der Waals surface area contributed by atoms with Crippen molar-refractivity contribution in [3.63, 3.8) is 0 Å². The molecular weight excluding hydrogens is 198 g/mol. The van der Waals surface area contributed by atoms with Gasteiger partial charge in [0.15, 0.2) is 0 Å². The van der Waals surface area contributed by atoms with E-state index >= 15 is 0 Å². The van der Waals surface area contributed by atoms with Gasteiger partial charge in [0.05, 0.1) is 6.61 Å². The Bertz CT molecular complexity index is 218. The Hall–Kier alpha value is 0.0700. The Balaban J connectivity index is 2.61. The molecule has 14 heavy (non-hydrogen) atoms. The fraction of sp³-hybridized carbons (Fsp3) is 1.00. The van der Waals surface area contributed by atoms with E-state index in [1.807, 2.05) is 6.92 Å². The van der Waals surface area contributed by atoms with Gasteiger partial charge in [-0.1, -0.05) is 0 Å². The first kappa shape index (κ1) is 12.1. The van der Waals surface area contributed by atoms with E-state index in [4.69, 9.17) is 5.11 Å². The molecule has 0 aromatic heterocycles. The molecule has 3 nitrogen and oxygen atoms in total. The SMILES string of the molecule is CC(CO)N1CCS(=O)C(C)(C)CC1. The standard InChI is InChI=1S/C10H21NO2S/c1-9(8-12)11-5-4-10(2,3)14(13)7-6-11/h9,12H,4-8H2,1-3H3. The lowest BCUT2D eigenvalue weighted by molar-refractivity contribution is 0.139. The smallest absolute Gasteiger partial charge is 0.0584 e. The molecule has 0 spiro atoms. The molecule has 2 unspecified atom stereocenters. The van der Waals surface area contributed by atoms with Crippen molar-refractivity contribution in [3.8, 4) is 0 Å². The molecule has 0 bridgehead atoms. The van der Waals surface area contributed by atoms with Crippen molar-refractivity contribution in [3.05, 3.63) is 0 Å². The van der Waals surface area contributed by atoms with Crippen LogP contribution in [-0.2, 0) is 10.8 Å². The lowest BCUT2D eigenvalue weighted by Crippen LogP contribution is -2.37. The van der Waals surface area contributed by atoms with Crippen LogP contribution in [0.4, 0.5) is 0 Å². The normalized spacial score (nSPS) is 31.0. The minimum absolute atomic E-state index is 0.0655. The van der Waals surface area contributed by atoms with Gasteiger partial charge >= 0.3 is 0 Å². The Morgan fingerprint density at radius 1 is 1.50 bits per heavy atom. The maximum atomic E-state index is 11.8. The molecule has 84 valence electrons. The molecule has 0 aromatic carbocycles. The summed E-state index contributed by atoms with van der Waals surface area (Å²) in [5, 5.41) is 9.06. The van der Waals surface area contributed by atoms with Crippen LogP contribution in [-0.4, -0.2) is 50.5 Å². The van der Waals surface area contributed by atoms with Crippen LogP contribution in [0.1, 0.15) is 27.2 Å². The van der Waals surface area contributed by atoms with Gasteiger partial charge in [-0.15, -0.1) is 0 Å². The van der Waals surface area contributed by atoms with E-state index in [0.717, 1.165) is 25.3 Å². The molecule has 1 saturated heterocycles. The second-order valence-electron chi connectivity index (χ2n) is 4.63. The first-order valence-electron chi connectivity index (χ1n) is 5.21. The average Bonchev–Trinajstić information content (AvgIpc) is 2.27. The summed E-state index contributed by atoms with van der Waals surface area (Å²) in [6.45, 7) is 8.12. The minimum Gasteiger partial charge on any atom is -0.395 e. The lowest BCUT2D eigenvalue weighted by Gasteiger charge is -2.26. The molecule has 1 heterocycles. The molecule has 1 rings (SSSR count). The third-order valence-corrected chi connectivity index (χ3v) is 5.06. The summed E-state index contributed by atoms with van der Waals surface area (Å²) >= 11 is 0. The molecule has 0 aliphatic carbocycles. The zero-order valence-corrected chi connectivity index (χ0v) is 10.1. The van der Waals surface area contributed by atoms with Crippen LogP contribution in [0.3, 0.4) is 0 Å². The maximum absolute atomic E-state index is 11.8. The Morgan fingerprint density at radius 2 is 2.14 bits per heavy atom. The molecule has 1 aliphatic heterocycles. The van der Waals surface area contributed by atoms with Gasteiger partial charge < -0.3 is 5.11 Å². The number of nitrogens with zero attached hydrogens (tertiary/aromatic N) is 1. The quantitative estimate of drug-likeness (QED) is 0.739. The molecule has 1 N–H and O–H groups in total. The predicted molar refractivity (Wildman–Crippen MR) is 59.8 cm³/mol. The Labute approximate surface area is 88.9 Å². The fourth-order valence-corrected chi connectivity index (χ4v) is 2.94. The highest BCUT2D eigenvalue weighted by Gasteiger charge is 2.30. The highest BCUT2D eigenvalue weighted by Crippen LogP contribution is 2.22. The summed E-state index contributed by atoms with van der Waals surface area (Å²) in [6, 6.07) is 0.195. The summed E-state index contributed by atoms with van der Waals surface area (Å²) in [4.78, 5) is 2.23. The van der Waals surface area contributed by atoms with Crippen molar-refractivity contribution in [2.24, 2.45) is 0 Å². The van der Waals surface area contributed by atoms with E-state index in [1.165, 1.54) is 0 Å². The summed E-state index contributed by atoms with van der Waals surface area (Å²) in [5.41, 5.74) is 0. The molecule has 1 fully saturated rings. The van der Waals surface area contributed by atoms with Gasteiger partial charge in [-0.2, -0.15) is 0 Å². The van der Waals surface area contributed by atoms with Crippen LogP contribution in [0.5, 0.6) is 0 Å². The third kappa shape index (κ3) is 2.78. The van der Waals surface area contributed by atoms with E-state index < -0.39 is 10.8 Å². The van der Waals surface area contributed by atoms with Crippen molar-refractivity contribution < 1.29 is 9.32 Å². The van der Waals surface area contributed by atoms with Gasteiger partial charge in [-0.3, -0.25) is 9.11 Å². The lowest BCUT2D eigenvalue weighted by atomic mass is 10.1.